The molecule has 2 atom stereocenters. The summed E-state index contributed by atoms with van der Waals surface area (Å²) in [6.45, 7) is 0. The summed E-state index contributed by atoms with van der Waals surface area (Å²) in [5, 5.41) is 10.1. The number of benzene rings is 2. The molecular weight excluding hydrogens is 350 g/mol. The first-order valence-electron chi connectivity index (χ1n) is 6.79. The van der Waals surface area contributed by atoms with Gasteiger partial charge >= 0.3 is 6.36 Å². The summed E-state index contributed by atoms with van der Waals surface area (Å²) in [7, 11) is 0. The number of alkyl halides is 3. The first-order valence-corrected chi connectivity index (χ1v) is 6.79. The first-order chi connectivity index (χ1) is 10.8. The number of ether oxygens (including phenoxy) is 1. The van der Waals surface area contributed by atoms with Crippen LogP contribution < -0.4 is 10.5 Å². The number of hydrogen-bond donors (Lipinski definition) is 2. The van der Waals surface area contributed by atoms with E-state index >= 15 is 0 Å². The lowest BCUT2D eigenvalue weighted by Crippen LogP contribution is -2.28. The summed E-state index contributed by atoms with van der Waals surface area (Å²) in [6, 6.07) is 11.0. The molecule has 0 heterocycles. The van der Waals surface area contributed by atoms with Crippen molar-refractivity contribution < 1.29 is 27.4 Å². The Hall–Kier alpha value is -1.83. The van der Waals surface area contributed by atoms with E-state index in [1.54, 1.807) is 24.3 Å². The fourth-order valence-electron chi connectivity index (χ4n) is 2.14. The highest BCUT2D eigenvalue weighted by molar-refractivity contribution is 5.85. The average Bonchev–Trinajstić information content (AvgIpc) is 2.48. The Balaban J connectivity index is 0.00000288. The fraction of sp³-hybridized carbons (Fsp3) is 0.250. The van der Waals surface area contributed by atoms with Crippen molar-refractivity contribution in [3.63, 3.8) is 0 Å². The van der Waals surface area contributed by atoms with Gasteiger partial charge in [0.1, 0.15) is 0 Å². The number of hydrogen-bond acceptors (Lipinski definition) is 3. The van der Waals surface area contributed by atoms with Crippen molar-refractivity contribution in [3.8, 4) is 5.75 Å². The summed E-state index contributed by atoms with van der Waals surface area (Å²) < 4.78 is 53.5. The fourth-order valence-corrected chi connectivity index (χ4v) is 2.14. The van der Waals surface area contributed by atoms with Crippen LogP contribution >= 0.6 is 12.4 Å². The highest BCUT2D eigenvalue weighted by Gasteiger charge is 2.32. The molecule has 0 spiro atoms. The molecule has 0 fully saturated rings. The van der Waals surface area contributed by atoms with Crippen LogP contribution in [-0.4, -0.2) is 17.6 Å². The summed E-state index contributed by atoms with van der Waals surface area (Å²) in [5.41, 5.74) is 6.87. The van der Waals surface area contributed by atoms with Crippen molar-refractivity contribution in [2.75, 3.05) is 0 Å². The highest BCUT2D eigenvalue weighted by atomic mass is 35.5. The summed E-state index contributed by atoms with van der Waals surface area (Å²) >= 11 is 0. The van der Waals surface area contributed by atoms with E-state index in [4.69, 9.17) is 5.73 Å². The molecule has 0 unspecified atom stereocenters. The quantitative estimate of drug-likeness (QED) is 0.793. The van der Waals surface area contributed by atoms with E-state index < -0.39 is 30.1 Å². The molecule has 2 rings (SSSR count). The van der Waals surface area contributed by atoms with Crippen LogP contribution in [0.3, 0.4) is 0 Å². The molecule has 0 amide bonds. The van der Waals surface area contributed by atoms with Gasteiger partial charge in [0, 0.05) is 6.42 Å². The van der Waals surface area contributed by atoms with Crippen LogP contribution in [0, 0.1) is 5.82 Å². The van der Waals surface area contributed by atoms with Gasteiger partial charge in [-0.3, -0.25) is 0 Å². The van der Waals surface area contributed by atoms with E-state index in [0.29, 0.717) is 0 Å². The van der Waals surface area contributed by atoms with Gasteiger partial charge < -0.3 is 15.6 Å². The minimum atomic E-state index is -4.97. The van der Waals surface area contributed by atoms with Gasteiger partial charge in [-0.2, -0.15) is 0 Å². The Bertz CT molecular complexity index is 652. The zero-order chi connectivity index (χ0) is 17.0. The van der Waals surface area contributed by atoms with Crippen LogP contribution in [0.1, 0.15) is 17.2 Å². The molecule has 0 bridgehead atoms. The van der Waals surface area contributed by atoms with Crippen LogP contribution in [0.25, 0.3) is 0 Å². The third-order valence-electron chi connectivity index (χ3n) is 3.27. The number of aliphatic hydroxyl groups is 1. The maximum atomic E-state index is 13.7. The second kappa shape index (κ2) is 8.32. The average molecular weight is 366 g/mol. The molecule has 0 aliphatic heterocycles. The lowest BCUT2D eigenvalue weighted by molar-refractivity contribution is -0.275. The van der Waals surface area contributed by atoms with Crippen molar-refractivity contribution in [1.82, 2.24) is 0 Å². The Labute approximate surface area is 142 Å². The number of rotatable bonds is 5. The summed E-state index contributed by atoms with van der Waals surface area (Å²) in [4.78, 5) is 0. The maximum absolute atomic E-state index is 13.7. The molecular formula is C16H16ClF4NO2. The smallest absolute Gasteiger partial charge is 0.403 e. The third-order valence-corrected chi connectivity index (χ3v) is 3.27. The number of aliphatic hydroxyl groups excluding tert-OH is 1. The second-order valence-corrected chi connectivity index (χ2v) is 5.02. The lowest BCUT2D eigenvalue weighted by Gasteiger charge is -2.20. The normalized spacial score (nSPS) is 13.8. The van der Waals surface area contributed by atoms with Crippen LogP contribution in [0.2, 0.25) is 0 Å². The molecule has 24 heavy (non-hydrogen) atoms. The van der Waals surface area contributed by atoms with Crippen LogP contribution in [-0.2, 0) is 6.42 Å². The van der Waals surface area contributed by atoms with Crippen molar-refractivity contribution in [3.05, 3.63) is 65.5 Å². The van der Waals surface area contributed by atoms with Crippen LogP contribution in [0.5, 0.6) is 5.75 Å². The Morgan fingerprint density at radius 2 is 1.71 bits per heavy atom. The van der Waals surface area contributed by atoms with Crippen molar-refractivity contribution in [1.29, 1.82) is 0 Å². The van der Waals surface area contributed by atoms with Gasteiger partial charge in [-0.15, -0.1) is 25.6 Å². The van der Waals surface area contributed by atoms with Gasteiger partial charge in [-0.05, 0) is 23.3 Å². The SMILES string of the molecule is Cl.N[C@@H](c1ccc(OC(F)(F)F)c(F)c1)[C@H](O)Cc1ccccc1. The maximum Gasteiger partial charge on any atom is 0.573 e. The molecule has 2 aromatic rings. The molecule has 3 N–H and O–H groups in total. The lowest BCUT2D eigenvalue weighted by atomic mass is 9.97. The molecule has 8 heteroatoms. The minimum absolute atomic E-state index is 0. The standard InChI is InChI=1S/C16H15F4NO2.ClH/c17-12-9-11(6-7-14(12)23-16(18,19)20)15(21)13(22)8-10-4-2-1-3-5-10;/h1-7,9,13,15,22H,8,21H2;1H/t13-,15+;/m1./s1. The Morgan fingerprint density at radius 3 is 2.25 bits per heavy atom. The first kappa shape index (κ1) is 20.2. The van der Waals surface area contributed by atoms with E-state index in [2.05, 4.69) is 4.74 Å². The van der Waals surface area contributed by atoms with Crippen molar-refractivity contribution >= 4 is 12.4 Å². The zero-order valence-corrected chi connectivity index (χ0v) is 13.2. The number of halogens is 5. The number of nitrogens with two attached hydrogens (primary N) is 1. The topological polar surface area (TPSA) is 55.5 Å². The molecule has 3 nitrogen and oxygen atoms in total. The van der Waals surface area contributed by atoms with Crippen LogP contribution in [0.15, 0.2) is 48.5 Å². The minimum Gasteiger partial charge on any atom is -0.403 e. The molecule has 0 radical (unpaired) electrons. The Kier molecular flexibility index (Phi) is 7.01. The van der Waals surface area contributed by atoms with E-state index in [9.17, 15) is 22.7 Å². The molecule has 0 saturated carbocycles. The van der Waals surface area contributed by atoms with Crippen molar-refractivity contribution in [2.24, 2.45) is 5.73 Å². The summed E-state index contributed by atoms with van der Waals surface area (Å²) in [5.74, 6) is -2.13. The predicted octanol–water partition coefficient (Wildman–Crippen LogP) is 3.75. The highest BCUT2D eigenvalue weighted by Crippen LogP contribution is 2.28. The molecule has 132 valence electrons. The van der Waals surface area contributed by atoms with E-state index in [-0.39, 0.29) is 24.4 Å². The van der Waals surface area contributed by atoms with E-state index in [1.807, 2.05) is 6.07 Å². The summed E-state index contributed by atoms with van der Waals surface area (Å²) in [6.07, 6.45) is -5.74. The zero-order valence-electron chi connectivity index (χ0n) is 12.3. The van der Waals surface area contributed by atoms with Gasteiger partial charge in [0.2, 0.25) is 0 Å². The monoisotopic (exact) mass is 365 g/mol. The van der Waals surface area contributed by atoms with Crippen LogP contribution in [0.4, 0.5) is 17.6 Å². The van der Waals surface area contributed by atoms with Gasteiger partial charge in [0.25, 0.3) is 0 Å². The molecule has 0 aliphatic rings. The third kappa shape index (κ3) is 5.67. The molecule has 2 aromatic carbocycles. The van der Waals surface area contributed by atoms with Gasteiger partial charge in [0.15, 0.2) is 11.6 Å². The Morgan fingerprint density at radius 1 is 1.08 bits per heavy atom. The predicted molar refractivity (Wildman–Crippen MR) is 83.4 cm³/mol. The van der Waals surface area contributed by atoms with Gasteiger partial charge in [-0.25, -0.2) is 4.39 Å². The van der Waals surface area contributed by atoms with Gasteiger partial charge in [0.05, 0.1) is 12.1 Å². The van der Waals surface area contributed by atoms with E-state index in [0.717, 1.165) is 17.7 Å². The largest absolute Gasteiger partial charge is 0.573 e. The van der Waals surface area contributed by atoms with Crippen molar-refractivity contribution in [2.45, 2.75) is 24.9 Å². The molecule has 0 saturated heterocycles. The molecule has 0 aromatic heterocycles. The second-order valence-electron chi connectivity index (χ2n) is 5.02. The molecule has 0 aliphatic carbocycles. The van der Waals surface area contributed by atoms with E-state index in [1.165, 1.54) is 6.07 Å². The van der Waals surface area contributed by atoms with Gasteiger partial charge in [-0.1, -0.05) is 36.4 Å².